The van der Waals surface area contributed by atoms with Gasteiger partial charge in [-0.2, -0.15) is 0 Å². The fraction of sp³-hybridized carbons (Fsp3) is 1.00. The Morgan fingerprint density at radius 1 is 1.30 bits per heavy atom. The van der Waals surface area contributed by atoms with Crippen LogP contribution in [0.1, 0.15) is 19.8 Å². The summed E-state index contributed by atoms with van der Waals surface area (Å²) in [6, 6.07) is 0. The molecule has 0 amide bonds. The normalized spacial score (nSPS) is 46.8. The molecule has 58 valence electrons. The van der Waals surface area contributed by atoms with E-state index in [2.05, 4.69) is 18.9 Å². The van der Waals surface area contributed by atoms with Crippen molar-refractivity contribution in [2.24, 2.45) is 17.8 Å². The number of rotatable bonds is 1. The first kappa shape index (κ1) is 6.66. The topological polar surface area (TPSA) is 3.24 Å². The molecule has 3 fully saturated rings. The lowest BCUT2D eigenvalue weighted by molar-refractivity contribution is -0.0337. The minimum Gasteiger partial charge on any atom is -0.306 e. The molecule has 0 radical (unpaired) electrons. The van der Waals surface area contributed by atoms with E-state index >= 15 is 0 Å². The highest BCUT2D eigenvalue weighted by Crippen LogP contribution is 2.46. The first-order valence-electron chi connectivity index (χ1n) is 4.49. The van der Waals surface area contributed by atoms with E-state index in [4.69, 9.17) is 0 Å². The van der Waals surface area contributed by atoms with E-state index in [-0.39, 0.29) is 0 Å². The lowest BCUT2D eigenvalue weighted by atomic mass is 9.61. The summed E-state index contributed by atoms with van der Waals surface area (Å²) in [5.41, 5.74) is 0. The van der Waals surface area contributed by atoms with Crippen LogP contribution >= 0.6 is 0 Å². The van der Waals surface area contributed by atoms with Gasteiger partial charge in [-0.25, -0.2) is 0 Å². The molecule has 0 aromatic rings. The van der Waals surface area contributed by atoms with Crippen molar-refractivity contribution >= 4 is 0 Å². The molecule has 1 heteroatoms. The van der Waals surface area contributed by atoms with Crippen LogP contribution in [-0.2, 0) is 0 Å². The van der Waals surface area contributed by atoms with Crippen LogP contribution in [0.4, 0.5) is 0 Å². The van der Waals surface area contributed by atoms with Crippen molar-refractivity contribution in [2.75, 3.05) is 20.1 Å². The predicted octanol–water partition coefficient (Wildman–Crippen LogP) is 1.59. The molecule has 0 N–H and O–H groups in total. The highest BCUT2D eigenvalue weighted by molar-refractivity contribution is 4.95. The molecular formula is C9H17N. The minimum absolute atomic E-state index is 1.06. The molecule has 3 atom stereocenters. The lowest BCUT2D eigenvalue weighted by Crippen LogP contribution is -2.53. The van der Waals surface area contributed by atoms with Gasteiger partial charge in [0.2, 0.25) is 0 Å². The molecule has 0 aromatic carbocycles. The molecular weight excluding hydrogens is 122 g/mol. The molecule has 1 nitrogen and oxygen atoms in total. The van der Waals surface area contributed by atoms with Gasteiger partial charge in [0.1, 0.15) is 0 Å². The summed E-state index contributed by atoms with van der Waals surface area (Å²) >= 11 is 0. The van der Waals surface area contributed by atoms with Gasteiger partial charge in [0.25, 0.3) is 0 Å². The Bertz CT molecular complexity index is 121. The zero-order valence-electron chi connectivity index (χ0n) is 7.01. The van der Waals surface area contributed by atoms with E-state index in [0.29, 0.717) is 0 Å². The predicted molar refractivity (Wildman–Crippen MR) is 42.9 cm³/mol. The van der Waals surface area contributed by atoms with E-state index in [0.717, 1.165) is 17.8 Å². The maximum absolute atomic E-state index is 2.49. The molecule has 3 rings (SSSR count). The molecule has 2 saturated heterocycles. The Morgan fingerprint density at radius 2 is 1.90 bits per heavy atom. The highest BCUT2D eigenvalue weighted by atomic mass is 15.1. The standard InChI is InChI=1S/C9H17N/c1-3-9-7-4-8(9)6-10(2)5-7/h7-9H,3-6H2,1-2H3/t7-,8+,9-. The zero-order valence-corrected chi connectivity index (χ0v) is 7.01. The van der Waals surface area contributed by atoms with Gasteiger partial charge in [0, 0.05) is 13.1 Å². The maximum Gasteiger partial charge on any atom is 0.000959 e. The van der Waals surface area contributed by atoms with Gasteiger partial charge >= 0.3 is 0 Å². The fourth-order valence-corrected chi connectivity index (χ4v) is 2.89. The quantitative estimate of drug-likeness (QED) is 0.533. The molecule has 0 unspecified atom stereocenters. The minimum atomic E-state index is 1.06. The largest absolute Gasteiger partial charge is 0.306 e. The molecule has 10 heavy (non-hydrogen) atoms. The molecule has 0 spiro atoms. The van der Waals surface area contributed by atoms with Gasteiger partial charge in [-0.3, -0.25) is 0 Å². The Hall–Kier alpha value is -0.0400. The van der Waals surface area contributed by atoms with Crippen molar-refractivity contribution in [1.82, 2.24) is 4.90 Å². The van der Waals surface area contributed by atoms with Gasteiger partial charge in [-0.15, -0.1) is 0 Å². The SMILES string of the molecule is CC[C@@H]1[C@@H]2C[C@H]1CN(C)C2. The smallest absolute Gasteiger partial charge is 0.000959 e. The molecule has 3 aliphatic rings. The molecule has 1 saturated carbocycles. The van der Waals surface area contributed by atoms with Gasteiger partial charge in [0.15, 0.2) is 0 Å². The van der Waals surface area contributed by atoms with E-state index in [1.807, 2.05) is 0 Å². The Morgan fingerprint density at radius 3 is 2.40 bits per heavy atom. The third kappa shape index (κ3) is 0.800. The number of hydrogen-bond acceptors (Lipinski definition) is 1. The van der Waals surface area contributed by atoms with Gasteiger partial charge in [0.05, 0.1) is 0 Å². The molecule has 2 bridgehead atoms. The maximum atomic E-state index is 2.49. The number of fused-ring (bicyclic) bond motifs is 2. The van der Waals surface area contributed by atoms with Crippen molar-refractivity contribution in [2.45, 2.75) is 19.8 Å². The first-order chi connectivity index (χ1) is 4.81. The average Bonchev–Trinajstić information content (AvgIpc) is 1.87. The van der Waals surface area contributed by atoms with Crippen molar-refractivity contribution in [1.29, 1.82) is 0 Å². The number of hydrogen-bond donors (Lipinski definition) is 0. The van der Waals surface area contributed by atoms with Gasteiger partial charge < -0.3 is 4.90 Å². The summed E-state index contributed by atoms with van der Waals surface area (Å²) < 4.78 is 0. The Balaban J connectivity index is 1.96. The second-order valence-electron chi connectivity index (χ2n) is 4.05. The summed E-state index contributed by atoms with van der Waals surface area (Å²) in [4.78, 5) is 2.49. The van der Waals surface area contributed by atoms with Crippen molar-refractivity contribution in [3.05, 3.63) is 0 Å². The third-order valence-corrected chi connectivity index (χ3v) is 3.38. The molecule has 2 heterocycles. The number of nitrogens with zero attached hydrogens (tertiary/aromatic N) is 1. The van der Waals surface area contributed by atoms with E-state index in [1.165, 1.54) is 25.9 Å². The van der Waals surface area contributed by atoms with Gasteiger partial charge in [-0.05, 0) is 31.2 Å². The summed E-state index contributed by atoms with van der Waals surface area (Å²) in [6.07, 6.45) is 2.95. The summed E-state index contributed by atoms with van der Waals surface area (Å²) in [6.45, 7) is 5.08. The van der Waals surface area contributed by atoms with Crippen LogP contribution < -0.4 is 0 Å². The van der Waals surface area contributed by atoms with Crippen molar-refractivity contribution < 1.29 is 0 Å². The summed E-state index contributed by atoms with van der Waals surface area (Å²) in [7, 11) is 2.26. The second-order valence-corrected chi connectivity index (χ2v) is 4.05. The highest BCUT2D eigenvalue weighted by Gasteiger charge is 2.43. The number of piperidine rings is 2. The fourth-order valence-electron chi connectivity index (χ4n) is 2.89. The van der Waals surface area contributed by atoms with Crippen molar-refractivity contribution in [3.8, 4) is 0 Å². The monoisotopic (exact) mass is 139 g/mol. The van der Waals surface area contributed by atoms with E-state index in [1.54, 1.807) is 0 Å². The summed E-state index contributed by atoms with van der Waals surface area (Å²) in [5.74, 6) is 3.22. The average molecular weight is 139 g/mol. The molecule has 0 aromatic heterocycles. The van der Waals surface area contributed by atoms with Crippen LogP contribution in [-0.4, -0.2) is 25.0 Å². The van der Waals surface area contributed by atoms with Crippen molar-refractivity contribution in [3.63, 3.8) is 0 Å². The van der Waals surface area contributed by atoms with Gasteiger partial charge in [-0.1, -0.05) is 13.3 Å². The Labute approximate surface area is 63.4 Å². The van der Waals surface area contributed by atoms with Crippen LogP contribution in [0.3, 0.4) is 0 Å². The van der Waals surface area contributed by atoms with Crippen LogP contribution in [0.5, 0.6) is 0 Å². The molecule has 2 aliphatic heterocycles. The van der Waals surface area contributed by atoms with Crippen LogP contribution in [0.15, 0.2) is 0 Å². The van der Waals surface area contributed by atoms with Crippen LogP contribution in [0.2, 0.25) is 0 Å². The Kier molecular flexibility index (Phi) is 1.48. The zero-order chi connectivity index (χ0) is 7.14. The second kappa shape index (κ2) is 2.23. The lowest BCUT2D eigenvalue weighted by Gasteiger charge is -2.52. The van der Waals surface area contributed by atoms with E-state index in [9.17, 15) is 0 Å². The third-order valence-electron chi connectivity index (χ3n) is 3.38. The van der Waals surface area contributed by atoms with Crippen LogP contribution in [0, 0.1) is 17.8 Å². The molecule has 1 aliphatic carbocycles. The van der Waals surface area contributed by atoms with Crippen LogP contribution in [0.25, 0.3) is 0 Å². The first-order valence-corrected chi connectivity index (χ1v) is 4.49. The van der Waals surface area contributed by atoms with E-state index < -0.39 is 0 Å². The summed E-state index contributed by atoms with van der Waals surface area (Å²) in [5, 5.41) is 0.